The quantitative estimate of drug-likeness (QED) is 0.422. The van der Waals surface area contributed by atoms with Gasteiger partial charge in [0.2, 0.25) is 0 Å². The third-order valence-corrected chi connectivity index (χ3v) is 7.92. The van der Waals surface area contributed by atoms with Crippen LogP contribution < -0.4 is 0 Å². The van der Waals surface area contributed by atoms with Gasteiger partial charge in [0.05, 0.1) is 40.0 Å². The van der Waals surface area contributed by atoms with Crippen LogP contribution in [0, 0.1) is 17.0 Å². The van der Waals surface area contributed by atoms with Crippen molar-refractivity contribution in [3.05, 3.63) is 83.5 Å². The molecule has 1 aromatic carbocycles. The van der Waals surface area contributed by atoms with Gasteiger partial charge >= 0.3 is 0 Å². The van der Waals surface area contributed by atoms with Crippen molar-refractivity contribution >= 4 is 0 Å². The van der Waals surface area contributed by atoms with Gasteiger partial charge in [-0.2, -0.15) is 5.10 Å². The number of nitrogens with zero attached hydrogens (tertiary/aromatic N) is 6. The Morgan fingerprint density at radius 2 is 1.91 bits per heavy atom. The fourth-order valence-electron chi connectivity index (χ4n) is 6.11. The number of rotatable bonds is 4. The minimum Gasteiger partial charge on any atom is -0.289 e. The van der Waals surface area contributed by atoms with Crippen molar-refractivity contribution in [3.8, 4) is 17.1 Å². The smallest absolute Gasteiger partial charge is 0.156 e. The molecule has 2 bridgehead atoms. The minimum absolute atomic E-state index is 0.138. The summed E-state index contributed by atoms with van der Waals surface area (Å²) in [5.74, 6) is -0.407. The van der Waals surface area contributed by atoms with Crippen molar-refractivity contribution in [1.82, 2.24) is 29.7 Å². The fraction of sp³-hybridized carbons (Fsp3) is 0.346. The lowest BCUT2D eigenvalue weighted by atomic mass is 9.66. The molecule has 0 amide bonds. The molecule has 6 nitrogen and oxygen atoms in total. The van der Waals surface area contributed by atoms with Crippen molar-refractivity contribution in [2.24, 2.45) is 5.41 Å². The first-order valence-electron chi connectivity index (χ1n) is 11.5. The summed E-state index contributed by atoms with van der Waals surface area (Å²) in [5.41, 5.74) is 3.03. The number of hydrogen-bond donors (Lipinski definition) is 0. The number of halogens is 2. The highest BCUT2D eigenvalue weighted by molar-refractivity contribution is 5.64. The van der Waals surface area contributed by atoms with Crippen LogP contribution in [0.2, 0.25) is 0 Å². The molecule has 1 saturated carbocycles. The maximum absolute atomic E-state index is 14.5. The van der Waals surface area contributed by atoms with Crippen LogP contribution >= 0.6 is 0 Å². The molecule has 0 aliphatic heterocycles. The van der Waals surface area contributed by atoms with E-state index >= 15 is 0 Å². The zero-order valence-corrected chi connectivity index (χ0v) is 19.3. The van der Waals surface area contributed by atoms with Gasteiger partial charge in [0.15, 0.2) is 5.82 Å². The van der Waals surface area contributed by atoms with Crippen LogP contribution in [0.5, 0.6) is 0 Å². The molecule has 2 atom stereocenters. The molecule has 6 rings (SSSR count). The molecule has 4 aromatic rings. The summed E-state index contributed by atoms with van der Waals surface area (Å²) in [5, 5.41) is 8.89. The van der Waals surface area contributed by atoms with Crippen LogP contribution in [0.4, 0.5) is 8.78 Å². The predicted octanol–water partition coefficient (Wildman–Crippen LogP) is 5.16. The van der Waals surface area contributed by atoms with E-state index in [2.05, 4.69) is 40.9 Å². The van der Waals surface area contributed by atoms with Crippen molar-refractivity contribution < 1.29 is 8.78 Å². The molecule has 3 aromatic heterocycles. The Bertz CT molecular complexity index is 1410. The Morgan fingerprint density at radius 3 is 2.65 bits per heavy atom. The van der Waals surface area contributed by atoms with E-state index in [4.69, 9.17) is 4.98 Å². The summed E-state index contributed by atoms with van der Waals surface area (Å²) in [6.07, 6.45) is 9.89. The SMILES string of the molecule is CCc1cn(-c2cncc([C@@]34CC[C@@H](c5cc(-c6c(F)cccc6F)nnc53)C4(C)C)n2)cn1. The second kappa shape index (κ2) is 7.22. The molecular weight excluding hydrogens is 434 g/mol. The molecule has 2 aliphatic carbocycles. The van der Waals surface area contributed by atoms with Crippen LogP contribution in [-0.2, 0) is 11.8 Å². The zero-order chi connectivity index (χ0) is 23.7. The number of aromatic nitrogens is 6. The summed E-state index contributed by atoms with van der Waals surface area (Å²) in [7, 11) is 0. The number of fused-ring (bicyclic) bond motifs is 5. The molecule has 34 heavy (non-hydrogen) atoms. The molecule has 2 aliphatic rings. The Kier molecular flexibility index (Phi) is 4.46. The molecule has 0 saturated heterocycles. The van der Waals surface area contributed by atoms with Gasteiger partial charge in [0.25, 0.3) is 0 Å². The third kappa shape index (κ3) is 2.68. The maximum Gasteiger partial charge on any atom is 0.156 e. The van der Waals surface area contributed by atoms with Gasteiger partial charge in [-0.3, -0.25) is 9.55 Å². The molecule has 0 spiro atoms. The van der Waals surface area contributed by atoms with Gasteiger partial charge in [0.1, 0.15) is 18.0 Å². The van der Waals surface area contributed by atoms with Gasteiger partial charge in [0, 0.05) is 12.4 Å². The lowest BCUT2D eigenvalue weighted by Crippen LogP contribution is -2.38. The first kappa shape index (κ1) is 21.0. The molecule has 8 heteroatoms. The molecule has 1 fully saturated rings. The zero-order valence-electron chi connectivity index (χ0n) is 19.3. The molecular formula is C26H24F2N6. The number of hydrogen-bond acceptors (Lipinski definition) is 5. The molecule has 3 heterocycles. The van der Waals surface area contributed by atoms with Crippen LogP contribution in [0.25, 0.3) is 17.1 Å². The van der Waals surface area contributed by atoms with Gasteiger partial charge in [-0.1, -0.05) is 26.8 Å². The number of imidazole rings is 1. The Morgan fingerprint density at radius 1 is 1.12 bits per heavy atom. The number of aryl methyl sites for hydroxylation is 1. The molecule has 0 N–H and O–H groups in total. The van der Waals surface area contributed by atoms with E-state index in [0.29, 0.717) is 5.82 Å². The highest BCUT2D eigenvalue weighted by Gasteiger charge is 2.65. The van der Waals surface area contributed by atoms with E-state index in [9.17, 15) is 8.78 Å². The lowest BCUT2D eigenvalue weighted by Gasteiger charge is -2.37. The van der Waals surface area contributed by atoms with Crippen molar-refractivity contribution in [2.45, 2.75) is 51.4 Å². The highest BCUT2D eigenvalue weighted by atomic mass is 19.1. The molecule has 0 radical (unpaired) electrons. The second-order valence-corrected chi connectivity index (χ2v) is 9.74. The molecule has 172 valence electrons. The summed E-state index contributed by atoms with van der Waals surface area (Å²) >= 11 is 0. The largest absolute Gasteiger partial charge is 0.289 e. The van der Waals surface area contributed by atoms with E-state index in [1.807, 2.05) is 23.0 Å². The Balaban J connectivity index is 1.51. The van der Waals surface area contributed by atoms with E-state index < -0.39 is 17.0 Å². The van der Waals surface area contributed by atoms with E-state index in [1.54, 1.807) is 12.5 Å². The first-order valence-corrected chi connectivity index (χ1v) is 11.5. The number of benzene rings is 1. The first-order chi connectivity index (χ1) is 16.4. The van der Waals surface area contributed by atoms with E-state index in [1.165, 1.54) is 18.2 Å². The van der Waals surface area contributed by atoms with Crippen molar-refractivity contribution in [1.29, 1.82) is 0 Å². The second-order valence-electron chi connectivity index (χ2n) is 9.74. The summed E-state index contributed by atoms with van der Waals surface area (Å²) < 4.78 is 30.8. The van der Waals surface area contributed by atoms with Crippen LogP contribution in [0.15, 0.2) is 49.2 Å². The predicted molar refractivity (Wildman–Crippen MR) is 122 cm³/mol. The van der Waals surface area contributed by atoms with Crippen LogP contribution in [0.1, 0.15) is 62.2 Å². The lowest BCUT2D eigenvalue weighted by molar-refractivity contribution is 0.242. The van der Waals surface area contributed by atoms with Crippen LogP contribution in [-0.4, -0.2) is 29.7 Å². The van der Waals surface area contributed by atoms with Gasteiger partial charge in [-0.15, -0.1) is 5.10 Å². The normalized spacial score (nSPS) is 22.2. The third-order valence-electron chi connectivity index (χ3n) is 7.92. The maximum atomic E-state index is 14.5. The van der Waals surface area contributed by atoms with E-state index in [0.717, 1.165) is 41.9 Å². The summed E-state index contributed by atoms with van der Waals surface area (Å²) in [4.78, 5) is 14.0. The summed E-state index contributed by atoms with van der Waals surface area (Å²) in [6.45, 7) is 6.50. The van der Waals surface area contributed by atoms with Crippen LogP contribution in [0.3, 0.4) is 0 Å². The van der Waals surface area contributed by atoms with Crippen molar-refractivity contribution in [3.63, 3.8) is 0 Å². The highest BCUT2D eigenvalue weighted by Crippen LogP contribution is 2.69. The van der Waals surface area contributed by atoms with E-state index in [-0.39, 0.29) is 22.6 Å². The average Bonchev–Trinajstić information content (AvgIpc) is 3.47. The summed E-state index contributed by atoms with van der Waals surface area (Å²) in [6, 6.07) is 5.65. The average molecular weight is 459 g/mol. The van der Waals surface area contributed by atoms with Crippen molar-refractivity contribution in [2.75, 3.05) is 0 Å². The minimum atomic E-state index is -0.642. The monoisotopic (exact) mass is 458 g/mol. The Hall–Kier alpha value is -3.55. The molecule has 0 unspecified atom stereocenters. The Labute approximate surface area is 196 Å². The standard InChI is InChI=1S/C26H24F2N6/c1-4-15-13-34(14-30-15)22-12-29-11-21(31-22)26-9-8-17(25(26,2)3)16-10-20(32-33-24(16)26)23-18(27)6-5-7-19(23)28/h5-7,10-14,17H,4,8-9H2,1-3H3/t17-,26-/m0/s1. The topological polar surface area (TPSA) is 69.4 Å². The van der Waals surface area contributed by atoms with Gasteiger partial charge in [-0.25, -0.2) is 18.7 Å². The fourth-order valence-corrected chi connectivity index (χ4v) is 6.11. The van der Waals surface area contributed by atoms with Gasteiger partial charge in [-0.05, 0) is 54.4 Å². The van der Waals surface area contributed by atoms with Gasteiger partial charge < -0.3 is 0 Å².